The molecule has 4 aromatic rings. The maximum atomic E-state index is 4.73. The number of fused-ring (bicyclic) bond motifs is 1. The van der Waals surface area contributed by atoms with Crippen LogP contribution in [0.3, 0.4) is 0 Å². The molecule has 2 heterocycles. The smallest absolute Gasteiger partial charge is 0.149 e. The summed E-state index contributed by atoms with van der Waals surface area (Å²) in [6.45, 7) is 0.651. The lowest BCUT2D eigenvalue weighted by molar-refractivity contribution is 0.686. The minimum Gasteiger partial charge on any atom is -0.363 e. The van der Waals surface area contributed by atoms with E-state index in [1.165, 1.54) is 42.4 Å². The van der Waals surface area contributed by atoms with Gasteiger partial charge in [0.15, 0.2) is 0 Å². The van der Waals surface area contributed by atoms with Crippen molar-refractivity contribution in [3.8, 4) is 11.3 Å². The molecule has 0 bridgehead atoms. The van der Waals surface area contributed by atoms with Gasteiger partial charge in [-0.15, -0.1) is 21.5 Å². The Hall–Kier alpha value is -3.05. The summed E-state index contributed by atoms with van der Waals surface area (Å²) >= 11 is 1.70. The van der Waals surface area contributed by atoms with E-state index in [4.69, 9.17) is 4.98 Å². The van der Waals surface area contributed by atoms with Gasteiger partial charge in [0.05, 0.1) is 22.9 Å². The summed E-state index contributed by atoms with van der Waals surface area (Å²) in [4.78, 5) is 4.73. The highest BCUT2D eigenvalue weighted by Gasteiger charge is 2.11. The lowest BCUT2D eigenvalue weighted by Crippen LogP contribution is -2.04. The summed E-state index contributed by atoms with van der Waals surface area (Å²) < 4.78 is 0. The second kappa shape index (κ2) is 8.76. The maximum absolute atomic E-state index is 4.73. The first-order valence-electron chi connectivity index (χ1n) is 10.5. The molecule has 2 aromatic carbocycles. The van der Waals surface area contributed by atoms with Gasteiger partial charge in [-0.2, -0.15) is 0 Å². The average Bonchev–Trinajstić information content (AvgIpc) is 3.25. The Labute approximate surface area is 181 Å². The standard InChI is InChI=1S/C25H24N4S/c1-2-6-18(7-3-1)14-25-27-22(17-30-25)16-26-24-13-12-23(28-29-24)21-11-10-19-8-4-5-9-20(19)15-21/h1-3,6-7,10-13,15,17H,4-5,8-9,14,16H2,(H,26,29). The Morgan fingerprint density at radius 1 is 0.867 bits per heavy atom. The van der Waals surface area contributed by atoms with Crippen molar-refractivity contribution < 1.29 is 0 Å². The van der Waals surface area contributed by atoms with Crippen molar-refractivity contribution in [2.45, 2.75) is 38.6 Å². The summed E-state index contributed by atoms with van der Waals surface area (Å²) in [6, 6.07) is 21.2. The third kappa shape index (κ3) is 4.41. The Morgan fingerprint density at radius 2 is 1.73 bits per heavy atom. The van der Waals surface area contributed by atoms with Gasteiger partial charge in [0.2, 0.25) is 0 Å². The van der Waals surface area contributed by atoms with Crippen molar-refractivity contribution in [3.63, 3.8) is 0 Å². The topological polar surface area (TPSA) is 50.7 Å². The van der Waals surface area contributed by atoms with Crippen molar-refractivity contribution >= 4 is 17.2 Å². The number of anilines is 1. The third-order valence-electron chi connectivity index (χ3n) is 5.56. The van der Waals surface area contributed by atoms with Gasteiger partial charge in [-0.3, -0.25) is 0 Å². The van der Waals surface area contributed by atoms with Crippen LogP contribution >= 0.6 is 11.3 Å². The minimum atomic E-state index is 0.651. The number of hydrogen-bond acceptors (Lipinski definition) is 5. The van der Waals surface area contributed by atoms with Gasteiger partial charge in [0.1, 0.15) is 5.82 Å². The molecule has 30 heavy (non-hydrogen) atoms. The minimum absolute atomic E-state index is 0.651. The first kappa shape index (κ1) is 18.9. The molecule has 0 fully saturated rings. The van der Waals surface area contributed by atoms with Crippen LogP contribution in [-0.4, -0.2) is 15.2 Å². The third-order valence-corrected chi connectivity index (χ3v) is 6.45. The van der Waals surface area contributed by atoms with Crippen molar-refractivity contribution in [1.82, 2.24) is 15.2 Å². The number of thiazole rings is 1. The lowest BCUT2D eigenvalue weighted by atomic mass is 9.90. The zero-order valence-electron chi connectivity index (χ0n) is 16.8. The summed E-state index contributed by atoms with van der Waals surface area (Å²) in [5.74, 6) is 0.773. The van der Waals surface area contributed by atoms with Crippen molar-refractivity contribution in [3.05, 3.63) is 93.4 Å². The highest BCUT2D eigenvalue weighted by atomic mass is 32.1. The highest BCUT2D eigenvalue weighted by molar-refractivity contribution is 7.09. The first-order chi connectivity index (χ1) is 14.8. The summed E-state index contributed by atoms with van der Waals surface area (Å²) in [5, 5.41) is 15.4. The fourth-order valence-electron chi connectivity index (χ4n) is 3.94. The van der Waals surface area contributed by atoms with Gasteiger partial charge < -0.3 is 5.32 Å². The largest absolute Gasteiger partial charge is 0.363 e. The molecule has 2 aromatic heterocycles. The van der Waals surface area contributed by atoms with E-state index in [1.807, 2.05) is 18.2 Å². The number of nitrogens with zero attached hydrogens (tertiary/aromatic N) is 3. The molecule has 1 aliphatic carbocycles. The van der Waals surface area contributed by atoms with Crippen LogP contribution in [0.4, 0.5) is 5.82 Å². The number of aryl methyl sites for hydroxylation is 2. The fourth-order valence-corrected chi connectivity index (χ4v) is 4.76. The molecule has 0 atom stereocenters. The van der Waals surface area contributed by atoms with E-state index in [9.17, 15) is 0 Å². The van der Waals surface area contributed by atoms with E-state index in [0.29, 0.717) is 6.54 Å². The van der Waals surface area contributed by atoms with Gasteiger partial charge >= 0.3 is 0 Å². The molecular formula is C25H24N4S. The molecule has 1 aliphatic rings. The van der Waals surface area contributed by atoms with Crippen molar-refractivity contribution in [2.24, 2.45) is 0 Å². The van der Waals surface area contributed by atoms with E-state index >= 15 is 0 Å². The van der Waals surface area contributed by atoms with E-state index in [2.05, 4.69) is 63.4 Å². The second-order valence-corrected chi connectivity index (χ2v) is 8.69. The van der Waals surface area contributed by atoms with Gasteiger partial charge in [-0.05, 0) is 60.6 Å². The summed E-state index contributed by atoms with van der Waals surface area (Å²) in [6.07, 6.45) is 5.85. The number of benzene rings is 2. The Bertz CT molecular complexity index is 1120. The quantitative estimate of drug-likeness (QED) is 0.442. The molecule has 0 radical (unpaired) electrons. The number of hydrogen-bond donors (Lipinski definition) is 1. The summed E-state index contributed by atoms with van der Waals surface area (Å²) in [5.41, 5.74) is 7.36. The Morgan fingerprint density at radius 3 is 2.57 bits per heavy atom. The van der Waals surface area contributed by atoms with E-state index in [0.717, 1.165) is 34.2 Å². The lowest BCUT2D eigenvalue weighted by Gasteiger charge is -2.16. The van der Waals surface area contributed by atoms with Crippen LogP contribution in [0.5, 0.6) is 0 Å². The van der Waals surface area contributed by atoms with Crippen LogP contribution in [-0.2, 0) is 25.8 Å². The Balaban J connectivity index is 1.21. The van der Waals surface area contributed by atoms with Gasteiger partial charge in [-0.25, -0.2) is 4.98 Å². The molecular weight excluding hydrogens is 388 g/mol. The number of aromatic nitrogens is 3. The van der Waals surface area contributed by atoms with Gasteiger partial charge in [-0.1, -0.05) is 42.5 Å². The molecule has 0 saturated carbocycles. The van der Waals surface area contributed by atoms with Crippen LogP contribution in [0, 0.1) is 0 Å². The zero-order valence-corrected chi connectivity index (χ0v) is 17.7. The van der Waals surface area contributed by atoms with Crippen molar-refractivity contribution in [2.75, 3.05) is 5.32 Å². The first-order valence-corrected chi connectivity index (χ1v) is 11.4. The highest BCUT2D eigenvalue weighted by Crippen LogP contribution is 2.26. The molecule has 4 nitrogen and oxygen atoms in total. The molecule has 5 rings (SSSR count). The van der Waals surface area contributed by atoms with Crippen LogP contribution < -0.4 is 5.32 Å². The van der Waals surface area contributed by atoms with Crippen LogP contribution in [0.1, 0.15) is 40.2 Å². The van der Waals surface area contributed by atoms with E-state index < -0.39 is 0 Å². The molecule has 0 saturated heterocycles. The van der Waals surface area contributed by atoms with Gasteiger partial charge in [0.25, 0.3) is 0 Å². The van der Waals surface area contributed by atoms with Crippen LogP contribution in [0.25, 0.3) is 11.3 Å². The molecule has 0 aliphatic heterocycles. The zero-order chi connectivity index (χ0) is 20.2. The van der Waals surface area contributed by atoms with E-state index in [-0.39, 0.29) is 0 Å². The molecule has 0 spiro atoms. The van der Waals surface area contributed by atoms with E-state index in [1.54, 1.807) is 11.3 Å². The predicted octanol–water partition coefficient (Wildman–Crippen LogP) is 5.68. The summed E-state index contributed by atoms with van der Waals surface area (Å²) in [7, 11) is 0. The number of rotatable bonds is 6. The fraction of sp³-hybridized carbons (Fsp3) is 0.240. The van der Waals surface area contributed by atoms with Gasteiger partial charge in [0, 0.05) is 17.4 Å². The molecule has 150 valence electrons. The average molecular weight is 413 g/mol. The van der Waals surface area contributed by atoms with Crippen LogP contribution in [0.15, 0.2) is 66.0 Å². The number of nitrogens with one attached hydrogen (secondary N) is 1. The molecule has 0 unspecified atom stereocenters. The van der Waals surface area contributed by atoms with Crippen molar-refractivity contribution in [1.29, 1.82) is 0 Å². The molecule has 0 amide bonds. The SMILES string of the molecule is c1ccc(Cc2nc(CNc3ccc(-c4ccc5c(c4)CCCC5)nn3)cs2)cc1. The molecule has 1 N–H and O–H groups in total. The monoisotopic (exact) mass is 412 g/mol. The maximum Gasteiger partial charge on any atom is 0.149 e. The normalized spacial score (nSPS) is 13.1. The second-order valence-electron chi connectivity index (χ2n) is 7.74. The Kier molecular flexibility index (Phi) is 5.53. The predicted molar refractivity (Wildman–Crippen MR) is 123 cm³/mol. The molecule has 5 heteroatoms. The van der Waals surface area contributed by atoms with Crippen LogP contribution in [0.2, 0.25) is 0 Å².